The molecule has 0 bridgehead atoms. The van der Waals surface area contributed by atoms with Crippen molar-refractivity contribution in [3.8, 4) is 0 Å². The predicted molar refractivity (Wildman–Crippen MR) is 71.9 cm³/mol. The summed E-state index contributed by atoms with van der Waals surface area (Å²) < 4.78 is 0. The molecule has 0 aliphatic carbocycles. The Morgan fingerprint density at radius 2 is 1.29 bits per heavy atom. The zero-order valence-corrected chi connectivity index (χ0v) is 11.7. The average Bonchev–Trinajstić information content (AvgIpc) is 2.31. The lowest BCUT2D eigenvalue weighted by Crippen LogP contribution is -2.20. The molecular formula is C15H26O2. The number of hydrogen-bond acceptors (Lipinski definition) is 2. The van der Waals surface area contributed by atoms with Crippen LogP contribution in [0.15, 0.2) is 12.2 Å². The van der Waals surface area contributed by atoms with Crippen molar-refractivity contribution in [1.29, 1.82) is 0 Å². The summed E-state index contributed by atoms with van der Waals surface area (Å²) in [7, 11) is 0. The summed E-state index contributed by atoms with van der Waals surface area (Å²) in [5.41, 5.74) is 0.496. The molecule has 0 fully saturated rings. The van der Waals surface area contributed by atoms with Gasteiger partial charge in [0.25, 0.3) is 0 Å². The lowest BCUT2D eigenvalue weighted by atomic mass is 9.88. The Kier molecular flexibility index (Phi) is 7.77. The summed E-state index contributed by atoms with van der Waals surface area (Å²) in [4.78, 5) is 23.9. The zero-order chi connectivity index (χ0) is 13.4. The van der Waals surface area contributed by atoms with E-state index < -0.39 is 0 Å². The first kappa shape index (κ1) is 16.1. The van der Waals surface area contributed by atoms with E-state index in [2.05, 4.69) is 6.58 Å². The Hall–Kier alpha value is -0.920. The van der Waals surface area contributed by atoms with Crippen molar-refractivity contribution in [2.75, 3.05) is 0 Å². The number of carbonyl (C=O) groups is 2. The second-order valence-corrected chi connectivity index (χ2v) is 4.64. The molecule has 0 spiro atoms. The third-order valence-corrected chi connectivity index (χ3v) is 3.53. The average molecular weight is 238 g/mol. The van der Waals surface area contributed by atoms with Crippen LogP contribution in [0.3, 0.4) is 0 Å². The number of Topliss-reactive ketones (excluding diaryl/α,β-unsaturated/α-hetero) is 2. The SMILES string of the molecule is C=C(CC(=O)C(CC)CC)C(=O)C(CC)CC. The van der Waals surface area contributed by atoms with Gasteiger partial charge in [-0.2, -0.15) is 0 Å². The molecule has 0 aliphatic heterocycles. The van der Waals surface area contributed by atoms with E-state index in [1.165, 1.54) is 0 Å². The van der Waals surface area contributed by atoms with E-state index in [0.717, 1.165) is 25.7 Å². The van der Waals surface area contributed by atoms with E-state index in [9.17, 15) is 9.59 Å². The molecule has 0 saturated carbocycles. The molecule has 0 saturated heterocycles. The molecule has 0 rings (SSSR count). The molecule has 0 radical (unpaired) electrons. The quantitative estimate of drug-likeness (QED) is 0.570. The summed E-state index contributed by atoms with van der Waals surface area (Å²) in [6, 6.07) is 0. The highest BCUT2D eigenvalue weighted by Crippen LogP contribution is 2.19. The molecule has 2 nitrogen and oxygen atoms in total. The van der Waals surface area contributed by atoms with E-state index in [1.54, 1.807) is 0 Å². The normalized spacial score (nSPS) is 10.9. The van der Waals surface area contributed by atoms with E-state index in [1.807, 2.05) is 27.7 Å². The number of ketones is 2. The fraction of sp³-hybridized carbons (Fsp3) is 0.733. The van der Waals surface area contributed by atoms with Crippen molar-refractivity contribution in [3.63, 3.8) is 0 Å². The molecule has 0 aromatic rings. The van der Waals surface area contributed by atoms with Crippen LogP contribution in [0.4, 0.5) is 0 Å². The minimum Gasteiger partial charge on any atom is -0.299 e. The lowest BCUT2D eigenvalue weighted by molar-refractivity contribution is -0.125. The molecule has 98 valence electrons. The van der Waals surface area contributed by atoms with Crippen molar-refractivity contribution in [1.82, 2.24) is 0 Å². The fourth-order valence-electron chi connectivity index (χ4n) is 2.13. The van der Waals surface area contributed by atoms with Gasteiger partial charge in [0.05, 0.1) is 0 Å². The van der Waals surface area contributed by atoms with Gasteiger partial charge in [-0.25, -0.2) is 0 Å². The van der Waals surface area contributed by atoms with Crippen LogP contribution < -0.4 is 0 Å². The van der Waals surface area contributed by atoms with Gasteiger partial charge >= 0.3 is 0 Å². The molecule has 0 aromatic heterocycles. The van der Waals surface area contributed by atoms with E-state index >= 15 is 0 Å². The molecular weight excluding hydrogens is 212 g/mol. The van der Waals surface area contributed by atoms with Gasteiger partial charge in [-0.1, -0.05) is 34.3 Å². The van der Waals surface area contributed by atoms with Crippen molar-refractivity contribution in [3.05, 3.63) is 12.2 Å². The van der Waals surface area contributed by atoms with E-state index in [4.69, 9.17) is 0 Å². The monoisotopic (exact) mass is 238 g/mol. The van der Waals surface area contributed by atoms with Crippen LogP contribution in [-0.2, 0) is 9.59 Å². The maximum Gasteiger partial charge on any atom is 0.161 e. The zero-order valence-electron chi connectivity index (χ0n) is 11.7. The standard InChI is InChI=1S/C15H26O2/c1-6-12(7-2)14(16)10-11(5)15(17)13(8-3)9-4/h12-13H,5-10H2,1-4H3. The number of allylic oxidation sites excluding steroid dienone is 1. The van der Waals surface area contributed by atoms with Crippen molar-refractivity contribution in [2.45, 2.75) is 59.8 Å². The maximum atomic E-state index is 12.0. The summed E-state index contributed by atoms with van der Waals surface area (Å²) in [6.45, 7) is 11.8. The largest absolute Gasteiger partial charge is 0.299 e. The van der Waals surface area contributed by atoms with Gasteiger partial charge in [-0.15, -0.1) is 0 Å². The van der Waals surface area contributed by atoms with Crippen molar-refractivity contribution in [2.24, 2.45) is 11.8 Å². The molecule has 2 heteroatoms. The topological polar surface area (TPSA) is 34.1 Å². The Morgan fingerprint density at radius 3 is 1.65 bits per heavy atom. The molecule has 0 N–H and O–H groups in total. The molecule has 0 atom stereocenters. The first-order chi connectivity index (χ1) is 8.01. The predicted octanol–water partition coefficient (Wildman–Crippen LogP) is 3.94. The van der Waals surface area contributed by atoms with Gasteiger partial charge in [0, 0.05) is 18.3 Å². The van der Waals surface area contributed by atoms with Crippen LogP contribution in [0, 0.1) is 11.8 Å². The van der Waals surface area contributed by atoms with Gasteiger partial charge in [-0.3, -0.25) is 9.59 Å². The van der Waals surface area contributed by atoms with Gasteiger partial charge in [0.2, 0.25) is 0 Å². The van der Waals surface area contributed by atoms with Gasteiger partial charge in [0.1, 0.15) is 5.78 Å². The van der Waals surface area contributed by atoms with Crippen LogP contribution >= 0.6 is 0 Å². The van der Waals surface area contributed by atoms with E-state index in [0.29, 0.717) is 5.57 Å². The first-order valence-corrected chi connectivity index (χ1v) is 6.76. The van der Waals surface area contributed by atoms with Gasteiger partial charge < -0.3 is 0 Å². The maximum absolute atomic E-state index is 12.0. The second kappa shape index (κ2) is 8.21. The number of carbonyl (C=O) groups excluding carboxylic acids is 2. The number of rotatable bonds is 9. The highest BCUT2D eigenvalue weighted by Gasteiger charge is 2.21. The smallest absolute Gasteiger partial charge is 0.161 e. The van der Waals surface area contributed by atoms with Gasteiger partial charge in [0.15, 0.2) is 5.78 Å². The van der Waals surface area contributed by atoms with Gasteiger partial charge in [-0.05, 0) is 31.3 Å². The van der Waals surface area contributed by atoms with Crippen LogP contribution in [0.25, 0.3) is 0 Å². The van der Waals surface area contributed by atoms with Crippen molar-refractivity contribution >= 4 is 11.6 Å². The molecule has 0 amide bonds. The van der Waals surface area contributed by atoms with Crippen LogP contribution in [0.5, 0.6) is 0 Å². The molecule has 17 heavy (non-hydrogen) atoms. The summed E-state index contributed by atoms with van der Waals surface area (Å²) >= 11 is 0. The molecule has 0 unspecified atom stereocenters. The highest BCUT2D eigenvalue weighted by molar-refractivity contribution is 6.01. The third kappa shape index (κ3) is 4.84. The summed E-state index contributed by atoms with van der Waals surface area (Å²) in [5.74, 6) is 0.367. The van der Waals surface area contributed by atoms with Crippen LogP contribution in [0.1, 0.15) is 59.8 Å². The lowest BCUT2D eigenvalue weighted by Gasteiger charge is -2.15. The van der Waals surface area contributed by atoms with Crippen LogP contribution in [-0.4, -0.2) is 11.6 Å². The molecule has 0 heterocycles. The van der Waals surface area contributed by atoms with E-state index in [-0.39, 0.29) is 29.8 Å². The summed E-state index contributed by atoms with van der Waals surface area (Å²) in [6.07, 6.45) is 3.59. The molecule has 0 aromatic carbocycles. The minimum atomic E-state index is 0.0389. The number of hydrogen-bond donors (Lipinski definition) is 0. The fourth-order valence-corrected chi connectivity index (χ4v) is 2.13. The Labute approximate surface area is 105 Å². The third-order valence-electron chi connectivity index (χ3n) is 3.53. The molecule has 0 aliphatic rings. The highest BCUT2D eigenvalue weighted by atomic mass is 16.1. The Bertz CT molecular complexity index is 271. The summed E-state index contributed by atoms with van der Waals surface area (Å²) in [5, 5.41) is 0. The Balaban J connectivity index is 4.44. The van der Waals surface area contributed by atoms with Crippen molar-refractivity contribution < 1.29 is 9.59 Å². The van der Waals surface area contributed by atoms with Crippen LogP contribution in [0.2, 0.25) is 0 Å². The Morgan fingerprint density at radius 1 is 0.882 bits per heavy atom. The second-order valence-electron chi connectivity index (χ2n) is 4.64. The first-order valence-electron chi connectivity index (χ1n) is 6.76. The minimum absolute atomic E-state index is 0.0389.